The number of morpholine rings is 1. The second-order valence-electron chi connectivity index (χ2n) is 7.25. The Labute approximate surface area is 168 Å². The summed E-state index contributed by atoms with van der Waals surface area (Å²) in [4.78, 5) is 22.8. The molecule has 2 fully saturated rings. The van der Waals surface area contributed by atoms with Gasteiger partial charge >= 0.3 is 0 Å². The van der Waals surface area contributed by atoms with Crippen molar-refractivity contribution in [3.63, 3.8) is 0 Å². The van der Waals surface area contributed by atoms with Crippen molar-refractivity contribution in [2.45, 2.75) is 12.6 Å². The van der Waals surface area contributed by atoms with E-state index in [0.29, 0.717) is 51.0 Å². The number of carbonyl (C=O) groups excluding carboxylic acids is 1. The van der Waals surface area contributed by atoms with Crippen LogP contribution in [-0.4, -0.2) is 84.4 Å². The van der Waals surface area contributed by atoms with E-state index in [2.05, 4.69) is 9.88 Å². The molecular weight excluding hydrogens is 379 g/mol. The van der Waals surface area contributed by atoms with Crippen molar-refractivity contribution in [3.05, 3.63) is 47.9 Å². The van der Waals surface area contributed by atoms with Crippen molar-refractivity contribution in [3.8, 4) is 0 Å². The number of halogens is 1. The van der Waals surface area contributed by atoms with Crippen LogP contribution in [0.5, 0.6) is 0 Å². The molecule has 0 radical (unpaired) electrons. The van der Waals surface area contributed by atoms with Crippen LogP contribution >= 0.6 is 0 Å². The fraction of sp³-hybridized carbons (Fsp3) is 0.500. The molecule has 1 aromatic carbocycles. The number of aliphatic hydroxyl groups is 1. The summed E-state index contributed by atoms with van der Waals surface area (Å²) in [6, 6.07) is 6.44. The second-order valence-corrected chi connectivity index (χ2v) is 7.25. The number of amides is 1. The number of nitrogens with zero attached hydrogens (tertiary/aromatic N) is 4. The van der Waals surface area contributed by atoms with Gasteiger partial charge in [0.05, 0.1) is 38.1 Å². The highest BCUT2D eigenvalue weighted by atomic mass is 19.1. The summed E-state index contributed by atoms with van der Waals surface area (Å²) in [5.74, 6) is 0.00863. The van der Waals surface area contributed by atoms with Crippen molar-refractivity contribution >= 4 is 11.6 Å². The van der Waals surface area contributed by atoms with Gasteiger partial charge in [0.1, 0.15) is 12.1 Å². The summed E-state index contributed by atoms with van der Waals surface area (Å²) in [7, 11) is 0. The Morgan fingerprint density at radius 2 is 2.00 bits per heavy atom. The fourth-order valence-electron chi connectivity index (χ4n) is 3.75. The Balaban J connectivity index is 1.33. The van der Waals surface area contributed by atoms with Crippen molar-refractivity contribution in [1.29, 1.82) is 0 Å². The van der Waals surface area contributed by atoms with Crippen LogP contribution in [-0.2, 0) is 11.3 Å². The van der Waals surface area contributed by atoms with E-state index >= 15 is 0 Å². The molecule has 0 aliphatic carbocycles. The topological polar surface area (TPSA) is 82.3 Å². The number of ether oxygens (including phenoxy) is 1. The van der Waals surface area contributed by atoms with Crippen LogP contribution in [0.1, 0.15) is 16.4 Å². The molecule has 0 saturated carbocycles. The largest absolute Gasteiger partial charge is 0.447 e. The predicted molar refractivity (Wildman–Crippen MR) is 103 cm³/mol. The molecule has 2 aliphatic rings. The number of piperazine rings is 1. The molecule has 29 heavy (non-hydrogen) atoms. The monoisotopic (exact) mass is 404 g/mol. The summed E-state index contributed by atoms with van der Waals surface area (Å²) in [5.41, 5.74) is 0.866. The number of rotatable bonds is 5. The molecule has 3 heterocycles. The molecule has 2 aliphatic heterocycles. The van der Waals surface area contributed by atoms with E-state index in [-0.39, 0.29) is 30.1 Å². The highest BCUT2D eigenvalue weighted by Gasteiger charge is 2.29. The lowest BCUT2D eigenvalue weighted by Gasteiger charge is -2.35. The quantitative estimate of drug-likeness (QED) is 0.795. The van der Waals surface area contributed by atoms with E-state index < -0.39 is 0 Å². The highest BCUT2D eigenvalue weighted by Crippen LogP contribution is 2.21. The van der Waals surface area contributed by atoms with Crippen molar-refractivity contribution in [1.82, 2.24) is 14.8 Å². The number of anilines is 1. The van der Waals surface area contributed by atoms with Gasteiger partial charge in [-0.25, -0.2) is 9.37 Å². The van der Waals surface area contributed by atoms with Gasteiger partial charge in [-0.3, -0.25) is 9.69 Å². The number of benzene rings is 1. The molecule has 1 amide bonds. The molecule has 8 nitrogen and oxygen atoms in total. The minimum absolute atomic E-state index is 0.150. The Hall–Kier alpha value is -2.49. The number of aliphatic hydroxyl groups excluding tert-OH is 1. The van der Waals surface area contributed by atoms with E-state index in [0.717, 1.165) is 13.1 Å². The average Bonchev–Trinajstić information content (AvgIpc) is 3.23. The Bertz CT molecular complexity index is 837. The van der Waals surface area contributed by atoms with Gasteiger partial charge in [-0.15, -0.1) is 0 Å². The fourth-order valence-corrected chi connectivity index (χ4v) is 3.75. The zero-order chi connectivity index (χ0) is 20.2. The maximum absolute atomic E-state index is 14.0. The molecule has 0 bridgehead atoms. The highest BCUT2D eigenvalue weighted by molar-refractivity contribution is 5.92. The van der Waals surface area contributed by atoms with E-state index in [1.54, 1.807) is 17.0 Å². The molecule has 1 atom stereocenters. The first-order valence-electron chi connectivity index (χ1n) is 9.81. The summed E-state index contributed by atoms with van der Waals surface area (Å²) >= 11 is 0. The number of carbonyl (C=O) groups is 1. The molecule has 4 rings (SSSR count). The number of oxazole rings is 1. The summed E-state index contributed by atoms with van der Waals surface area (Å²) in [6.45, 7) is 4.43. The second kappa shape index (κ2) is 8.89. The Morgan fingerprint density at radius 1 is 1.21 bits per heavy atom. The van der Waals surface area contributed by atoms with Crippen molar-refractivity contribution in [2.75, 3.05) is 57.4 Å². The van der Waals surface area contributed by atoms with Gasteiger partial charge in [-0.1, -0.05) is 12.1 Å². The molecule has 1 aromatic heterocycles. The third-order valence-electron chi connectivity index (χ3n) is 5.39. The van der Waals surface area contributed by atoms with Crippen LogP contribution in [0.4, 0.5) is 10.1 Å². The number of para-hydroxylation sites is 1. The van der Waals surface area contributed by atoms with Crippen LogP contribution in [0.15, 0.2) is 34.9 Å². The van der Waals surface area contributed by atoms with Gasteiger partial charge < -0.3 is 24.1 Å². The standard InChI is InChI=1S/C20H25FN4O4/c21-16-3-1-2-4-18(16)24-7-5-23(6-8-24)11-19-22-17(14-29-19)20(27)25-9-10-28-13-15(25)12-26/h1-4,14-15,26H,5-13H2/t15-/m1/s1. The molecule has 9 heteroatoms. The number of aromatic nitrogens is 1. The van der Waals surface area contributed by atoms with Crippen LogP contribution < -0.4 is 4.90 Å². The molecule has 156 valence electrons. The van der Waals surface area contributed by atoms with Crippen LogP contribution in [0, 0.1) is 5.82 Å². The first-order chi connectivity index (χ1) is 14.2. The minimum atomic E-state index is -0.358. The third-order valence-corrected chi connectivity index (χ3v) is 5.39. The predicted octanol–water partition coefficient (Wildman–Crippen LogP) is 0.969. The Morgan fingerprint density at radius 3 is 2.76 bits per heavy atom. The maximum atomic E-state index is 14.0. The molecule has 0 spiro atoms. The lowest BCUT2D eigenvalue weighted by atomic mass is 10.2. The van der Waals surface area contributed by atoms with Gasteiger partial charge in [0, 0.05) is 32.7 Å². The summed E-state index contributed by atoms with van der Waals surface area (Å²) < 4.78 is 24.8. The minimum Gasteiger partial charge on any atom is -0.447 e. The average molecular weight is 404 g/mol. The van der Waals surface area contributed by atoms with Gasteiger partial charge in [0.25, 0.3) is 5.91 Å². The lowest BCUT2D eigenvalue weighted by molar-refractivity contribution is -0.0186. The van der Waals surface area contributed by atoms with E-state index in [1.165, 1.54) is 12.3 Å². The van der Waals surface area contributed by atoms with Gasteiger partial charge in [-0.05, 0) is 12.1 Å². The van der Waals surface area contributed by atoms with Crippen LogP contribution in [0.25, 0.3) is 0 Å². The van der Waals surface area contributed by atoms with Crippen molar-refractivity contribution < 1.29 is 23.4 Å². The third kappa shape index (κ3) is 4.42. The molecule has 2 aromatic rings. The zero-order valence-electron chi connectivity index (χ0n) is 16.2. The summed E-state index contributed by atoms with van der Waals surface area (Å²) in [6.07, 6.45) is 1.37. The maximum Gasteiger partial charge on any atom is 0.276 e. The van der Waals surface area contributed by atoms with Gasteiger partial charge in [0.15, 0.2) is 5.69 Å². The Kier molecular flexibility index (Phi) is 6.08. The molecular formula is C20H25FN4O4. The normalized spacial score (nSPS) is 20.8. The molecule has 1 N–H and O–H groups in total. The first-order valence-corrected chi connectivity index (χ1v) is 9.81. The van der Waals surface area contributed by atoms with Crippen LogP contribution in [0.3, 0.4) is 0 Å². The molecule has 0 unspecified atom stereocenters. The van der Waals surface area contributed by atoms with Crippen LogP contribution in [0.2, 0.25) is 0 Å². The van der Waals surface area contributed by atoms with E-state index in [9.17, 15) is 14.3 Å². The first kappa shape index (κ1) is 19.8. The molecule has 2 saturated heterocycles. The van der Waals surface area contributed by atoms with Crippen molar-refractivity contribution in [2.24, 2.45) is 0 Å². The van der Waals surface area contributed by atoms with Gasteiger partial charge in [0.2, 0.25) is 5.89 Å². The smallest absolute Gasteiger partial charge is 0.276 e. The zero-order valence-corrected chi connectivity index (χ0v) is 16.2. The SMILES string of the molecule is O=C(c1coc(CN2CCN(c3ccccc3F)CC2)n1)N1CCOC[C@H]1CO. The summed E-state index contributed by atoms with van der Waals surface area (Å²) in [5, 5.41) is 9.45. The van der Waals surface area contributed by atoms with E-state index in [4.69, 9.17) is 9.15 Å². The lowest BCUT2D eigenvalue weighted by Crippen LogP contribution is -2.50. The van der Waals surface area contributed by atoms with E-state index in [1.807, 2.05) is 11.0 Å². The van der Waals surface area contributed by atoms with Gasteiger partial charge in [-0.2, -0.15) is 0 Å². The number of hydrogen-bond donors (Lipinski definition) is 1. The number of hydrogen-bond acceptors (Lipinski definition) is 7.